The Hall–Kier alpha value is -2.34. The first-order valence-corrected chi connectivity index (χ1v) is 10.2. The van der Waals surface area contributed by atoms with Crippen LogP contribution in [0.1, 0.15) is 50.4 Å². The van der Waals surface area contributed by atoms with E-state index in [4.69, 9.17) is 4.74 Å². The second-order valence-corrected chi connectivity index (χ2v) is 8.26. The third kappa shape index (κ3) is 3.58. The van der Waals surface area contributed by atoms with Gasteiger partial charge in [-0.3, -0.25) is 9.20 Å². The van der Waals surface area contributed by atoms with Gasteiger partial charge < -0.3 is 4.74 Å². The van der Waals surface area contributed by atoms with Crippen molar-refractivity contribution in [2.45, 2.75) is 48.8 Å². The number of pyridine rings is 1. The van der Waals surface area contributed by atoms with Gasteiger partial charge in [0.1, 0.15) is 5.82 Å². The maximum atomic E-state index is 12.0. The van der Waals surface area contributed by atoms with E-state index in [9.17, 15) is 4.79 Å². The molecule has 0 saturated heterocycles. The van der Waals surface area contributed by atoms with E-state index in [0.717, 1.165) is 22.8 Å². The summed E-state index contributed by atoms with van der Waals surface area (Å²) in [6.07, 6.45) is 2.97. The number of carbonyl (C=O) groups excluding carboxylic acids is 1. The van der Waals surface area contributed by atoms with Gasteiger partial charge in [0, 0.05) is 21.9 Å². The summed E-state index contributed by atoms with van der Waals surface area (Å²) in [5.41, 5.74) is 2.09. The van der Waals surface area contributed by atoms with E-state index in [1.165, 1.54) is 10.5 Å². The van der Waals surface area contributed by atoms with Crippen molar-refractivity contribution in [2.24, 2.45) is 5.92 Å². The van der Waals surface area contributed by atoms with Gasteiger partial charge in [-0.25, -0.2) is 0 Å². The van der Waals surface area contributed by atoms with Gasteiger partial charge in [0.2, 0.25) is 0 Å². The van der Waals surface area contributed by atoms with Crippen LogP contribution in [0.25, 0.3) is 5.65 Å². The molecule has 1 fully saturated rings. The smallest absolute Gasteiger partial charge is 0.309 e. The summed E-state index contributed by atoms with van der Waals surface area (Å²) in [7, 11) is 0. The molecule has 0 bridgehead atoms. The van der Waals surface area contributed by atoms with Crippen LogP contribution in [0.3, 0.4) is 0 Å². The zero-order chi connectivity index (χ0) is 19.0. The maximum Gasteiger partial charge on any atom is 0.309 e. The van der Waals surface area contributed by atoms with Crippen LogP contribution >= 0.6 is 11.8 Å². The summed E-state index contributed by atoms with van der Waals surface area (Å²) in [5, 5.41) is 8.54. The van der Waals surface area contributed by atoms with Crippen LogP contribution in [0.4, 0.5) is 0 Å². The van der Waals surface area contributed by atoms with Gasteiger partial charge in [0.05, 0.1) is 12.5 Å². The van der Waals surface area contributed by atoms with Crippen LogP contribution in [-0.4, -0.2) is 27.2 Å². The second-order valence-electron chi connectivity index (χ2n) is 7.15. The normalized spacial score (nSPS) is 18.8. The molecule has 2 unspecified atom stereocenters. The van der Waals surface area contributed by atoms with E-state index in [2.05, 4.69) is 52.8 Å². The molecule has 0 radical (unpaired) electrons. The highest BCUT2D eigenvalue weighted by Gasteiger charge is 2.46. The lowest BCUT2D eigenvalue weighted by Crippen LogP contribution is -2.07. The standard InChI is InChI=1S/C21H23N3O2S/c1-4-26-21(25)17-11-16(17)15-7-5-6-8-18(15)27-14-9-10-19-22-23-20(13(2)3)24(19)12-14/h5-10,12-13,16-17H,4,11H2,1-3H3. The predicted molar refractivity (Wildman–Crippen MR) is 105 cm³/mol. The van der Waals surface area contributed by atoms with Gasteiger partial charge in [-0.1, -0.05) is 43.8 Å². The highest BCUT2D eigenvalue weighted by atomic mass is 32.2. The van der Waals surface area contributed by atoms with Crippen molar-refractivity contribution < 1.29 is 9.53 Å². The number of nitrogens with zero attached hydrogens (tertiary/aromatic N) is 3. The third-order valence-electron chi connectivity index (χ3n) is 4.84. The zero-order valence-corrected chi connectivity index (χ0v) is 16.6. The Morgan fingerprint density at radius 2 is 2.07 bits per heavy atom. The maximum absolute atomic E-state index is 12.0. The first-order chi connectivity index (χ1) is 13.1. The van der Waals surface area contributed by atoms with Gasteiger partial charge in [0.15, 0.2) is 5.65 Å². The summed E-state index contributed by atoms with van der Waals surface area (Å²) >= 11 is 1.72. The Bertz CT molecular complexity index is 982. The molecule has 1 aliphatic rings. The summed E-state index contributed by atoms with van der Waals surface area (Å²) in [6, 6.07) is 12.4. The number of benzene rings is 1. The lowest BCUT2D eigenvalue weighted by atomic mass is 10.1. The minimum atomic E-state index is -0.0743. The highest BCUT2D eigenvalue weighted by Crippen LogP contribution is 2.51. The number of hydrogen-bond donors (Lipinski definition) is 0. The summed E-state index contributed by atoms with van der Waals surface area (Å²) in [4.78, 5) is 14.3. The highest BCUT2D eigenvalue weighted by molar-refractivity contribution is 7.99. The largest absolute Gasteiger partial charge is 0.466 e. The van der Waals surface area contributed by atoms with Gasteiger partial charge in [-0.2, -0.15) is 0 Å². The van der Waals surface area contributed by atoms with Crippen molar-refractivity contribution in [2.75, 3.05) is 6.61 Å². The topological polar surface area (TPSA) is 56.5 Å². The molecule has 4 rings (SSSR count). The van der Waals surface area contributed by atoms with Crippen LogP contribution in [0.5, 0.6) is 0 Å². The predicted octanol–water partition coefficient (Wildman–Crippen LogP) is 4.67. The second kappa shape index (κ2) is 7.35. The Morgan fingerprint density at radius 3 is 2.85 bits per heavy atom. The van der Waals surface area contributed by atoms with Crippen molar-refractivity contribution in [3.05, 3.63) is 54.0 Å². The van der Waals surface area contributed by atoms with E-state index in [0.29, 0.717) is 12.5 Å². The molecule has 27 heavy (non-hydrogen) atoms. The van der Waals surface area contributed by atoms with Crippen LogP contribution in [0.2, 0.25) is 0 Å². The number of rotatable bonds is 6. The number of esters is 1. The van der Waals surface area contributed by atoms with E-state index in [1.54, 1.807) is 11.8 Å². The molecule has 0 spiro atoms. The van der Waals surface area contributed by atoms with Crippen LogP contribution in [-0.2, 0) is 9.53 Å². The molecule has 2 atom stereocenters. The molecule has 140 valence electrons. The number of carbonyl (C=O) groups is 1. The zero-order valence-electron chi connectivity index (χ0n) is 15.8. The minimum absolute atomic E-state index is 0.000396. The molecular weight excluding hydrogens is 358 g/mol. The summed E-state index contributed by atoms with van der Waals surface area (Å²) in [6.45, 7) is 6.53. The summed E-state index contributed by atoms with van der Waals surface area (Å²) in [5.74, 6) is 1.46. The lowest BCUT2D eigenvalue weighted by Gasteiger charge is -2.10. The fraction of sp³-hybridized carbons (Fsp3) is 0.381. The first-order valence-electron chi connectivity index (χ1n) is 9.36. The molecule has 0 N–H and O–H groups in total. The molecule has 5 nitrogen and oxygen atoms in total. The number of fused-ring (bicyclic) bond motifs is 1. The van der Waals surface area contributed by atoms with Gasteiger partial charge in [-0.15, -0.1) is 10.2 Å². The van der Waals surface area contributed by atoms with E-state index < -0.39 is 0 Å². The first kappa shape index (κ1) is 18.0. The molecule has 6 heteroatoms. The van der Waals surface area contributed by atoms with Gasteiger partial charge in [0.25, 0.3) is 0 Å². The Morgan fingerprint density at radius 1 is 1.26 bits per heavy atom. The van der Waals surface area contributed by atoms with Crippen molar-refractivity contribution >= 4 is 23.4 Å². The Kier molecular flexibility index (Phi) is 4.91. The number of aromatic nitrogens is 3. The van der Waals surface area contributed by atoms with Gasteiger partial charge in [-0.05, 0) is 43.0 Å². The fourth-order valence-electron chi connectivity index (χ4n) is 3.40. The lowest BCUT2D eigenvalue weighted by molar-refractivity contribution is -0.144. The Balaban J connectivity index is 1.60. The monoisotopic (exact) mass is 381 g/mol. The van der Waals surface area contributed by atoms with E-state index in [-0.39, 0.29) is 17.8 Å². The van der Waals surface area contributed by atoms with Crippen molar-refractivity contribution in [3.8, 4) is 0 Å². The molecule has 3 aromatic rings. The molecule has 0 aliphatic heterocycles. The number of hydrogen-bond acceptors (Lipinski definition) is 5. The molecule has 1 aromatic carbocycles. The summed E-state index contributed by atoms with van der Waals surface area (Å²) < 4.78 is 7.25. The molecular formula is C21H23N3O2S. The quantitative estimate of drug-likeness (QED) is 0.581. The van der Waals surface area contributed by atoms with Crippen LogP contribution in [0.15, 0.2) is 52.4 Å². The number of ether oxygens (including phenoxy) is 1. The van der Waals surface area contributed by atoms with Gasteiger partial charge >= 0.3 is 5.97 Å². The molecule has 0 amide bonds. The van der Waals surface area contributed by atoms with Crippen LogP contribution in [0, 0.1) is 5.92 Å². The molecule has 1 aliphatic carbocycles. The molecule has 1 saturated carbocycles. The molecule has 2 heterocycles. The van der Waals surface area contributed by atoms with Crippen LogP contribution < -0.4 is 0 Å². The molecule has 2 aromatic heterocycles. The Labute approximate surface area is 163 Å². The average Bonchev–Trinajstić information content (AvgIpc) is 3.34. The van der Waals surface area contributed by atoms with E-state index >= 15 is 0 Å². The van der Waals surface area contributed by atoms with E-state index in [1.807, 2.05) is 25.1 Å². The van der Waals surface area contributed by atoms with Crippen molar-refractivity contribution in [3.63, 3.8) is 0 Å². The average molecular weight is 382 g/mol. The minimum Gasteiger partial charge on any atom is -0.466 e. The third-order valence-corrected chi connectivity index (χ3v) is 5.91. The fourth-order valence-corrected chi connectivity index (χ4v) is 4.43. The SMILES string of the molecule is CCOC(=O)C1CC1c1ccccc1Sc1ccc2nnc(C(C)C)n2c1. The van der Waals surface area contributed by atoms with Crippen molar-refractivity contribution in [1.29, 1.82) is 0 Å². The van der Waals surface area contributed by atoms with Crippen molar-refractivity contribution in [1.82, 2.24) is 14.6 Å².